The van der Waals surface area contributed by atoms with Crippen molar-refractivity contribution in [2.45, 2.75) is 19.4 Å². The Labute approximate surface area is 179 Å². The number of hydrogen-bond acceptors (Lipinski definition) is 7. The Morgan fingerprint density at radius 2 is 2.13 bits per heavy atom. The van der Waals surface area contributed by atoms with E-state index in [-0.39, 0.29) is 5.57 Å². The summed E-state index contributed by atoms with van der Waals surface area (Å²) in [5.41, 5.74) is 1.93. The molecule has 4 aromatic rings. The van der Waals surface area contributed by atoms with E-state index in [1.54, 1.807) is 29.6 Å². The Balaban J connectivity index is 1.65. The van der Waals surface area contributed by atoms with Crippen molar-refractivity contribution in [2.24, 2.45) is 0 Å². The minimum absolute atomic E-state index is 0.00547. The molecule has 1 N–H and O–H groups in total. The molecular weight excluding hydrogens is 420 g/mol. The molecule has 5 rings (SSSR count). The second-order valence-corrected chi connectivity index (χ2v) is 8.77. The highest BCUT2D eigenvalue weighted by molar-refractivity contribution is 7.22. The first-order valence-corrected chi connectivity index (χ1v) is 11.1. The number of aliphatic hydroxyl groups is 1. The second-order valence-electron chi connectivity index (χ2n) is 6.81. The first-order valence-electron chi connectivity index (χ1n) is 9.36. The van der Waals surface area contributed by atoms with Crippen LogP contribution >= 0.6 is 22.7 Å². The Morgan fingerprint density at radius 3 is 2.83 bits per heavy atom. The van der Waals surface area contributed by atoms with E-state index in [4.69, 9.17) is 4.42 Å². The summed E-state index contributed by atoms with van der Waals surface area (Å²) in [5.74, 6) is -1.23. The lowest BCUT2D eigenvalue weighted by atomic mass is 10.0. The third kappa shape index (κ3) is 2.88. The van der Waals surface area contributed by atoms with Crippen LogP contribution < -0.4 is 4.90 Å². The van der Waals surface area contributed by atoms with Crippen LogP contribution in [0.1, 0.15) is 34.0 Å². The Kier molecular flexibility index (Phi) is 4.52. The van der Waals surface area contributed by atoms with Gasteiger partial charge in [0.25, 0.3) is 5.91 Å². The monoisotopic (exact) mass is 436 g/mol. The van der Waals surface area contributed by atoms with Crippen molar-refractivity contribution in [2.75, 3.05) is 4.90 Å². The number of aryl methyl sites for hydroxylation is 1. The van der Waals surface area contributed by atoms with E-state index >= 15 is 0 Å². The molecule has 0 radical (unpaired) electrons. The molecule has 1 aliphatic rings. The highest BCUT2D eigenvalue weighted by Crippen LogP contribution is 2.44. The second kappa shape index (κ2) is 7.23. The maximum atomic E-state index is 13.2. The number of furan rings is 1. The summed E-state index contributed by atoms with van der Waals surface area (Å²) in [6, 6.07) is 11.9. The number of nitrogens with zero attached hydrogens (tertiary/aromatic N) is 2. The zero-order valence-corrected chi connectivity index (χ0v) is 17.5. The van der Waals surface area contributed by atoms with E-state index in [1.807, 2.05) is 18.2 Å². The molecule has 8 heteroatoms. The number of Topliss-reactive ketones (excluding diaryl/α,β-unsaturated/α-hetero) is 1. The number of rotatable bonds is 5. The Hall–Kier alpha value is -3.23. The maximum Gasteiger partial charge on any atom is 0.296 e. The zero-order valence-electron chi connectivity index (χ0n) is 15.9. The fraction of sp³-hybridized carbons (Fsp3) is 0.136. The van der Waals surface area contributed by atoms with E-state index in [2.05, 4.69) is 11.9 Å². The number of amides is 1. The first-order chi connectivity index (χ1) is 14.6. The Morgan fingerprint density at radius 1 is 1.27 bits per heavy atom. The molecule has 0 saturated heterocycles. The summed E-state index contributed by atoms with van der Waals surface area (Å²) in [7, 11) is 0. The van der Waals surface area contributed by atoms with Gasteiger partial charge in [-0.25, -0.2) is 4.98 Å². The van der Waals surface area contributed by atoms with Crippen LogP contribution in [0.5, 0.6) is 0 Å². The van der Waals surface area contributed by atoms with Crippen molar-refractivity contribution < 1.29 is 19.1 Å². The van der Waals surface area contributed by atoms with Crippen molar-refractivity contribution in [1.29, 1.82) is 0 Å². The van der Waals surface area contributed by atoms with Gasteiger partial charge in [0.05, 0.1) is 26.9 Å². The highest BCUT2D eigenvalue weighted by atomic mass is 32.1. The van der Waals surface area contributed by atoms with Gasteiger partial charge in [-0.1, -0.05) is 30.4 Å². The largest absolute Gasteiger partial charge is 0.503 e. The molecule has 6 nitrogen and oxygen atoms in total. The number of fused-ring (bicyclic) bond motifs is 1. The number of carbonyl (C=O) groups is 2. The van der Waals surface area contributed by atoms with Crippen molar-refractivity contribution in [1.82, 2.24) is 4.98 Å². The third-order valence-corrected chi connectivity index (χ3v) is 6.95. The summed E-state index contributed by atoms with van der Waals surface area (Å²) in [6.45, 7) is 2.07. The van der Waals surface area contributed by atoms with Crippen molar-refractivity contribution >= 4 is 49.7 Å². The highest BCUT2D eigenvalue weighted by Gasteiger charge is 2.47. The molecule has 3 aromatic heterocycles. The fourth-order valence-corrected chi connectivity index (χ4v) is 5.30. The molecule has 0 bridgehead atoms. The number of benzene rings is 1. The normalized spacial score (nSPS) is 16.8. The van der Waals surface area contributed by atoms with Gasteiger partial charge in [-0.15, -0.1) is 11.3 Å². The van der Waals surface area contributed by atoms with Gasteiger partial charge in [0.2, 0.25) is 5.78 Å². The Bertz CT molecular complexity index is 1290. The predicted molar refractivity (Wildman–Crippen MR) is 116 cm³/mol. The van der Waals surface area contributed by atoms with Crippen LogP contribution in [0.2, 0.25) is 0 Å². The number of ketones is 1. The van der Waals surface area contributed by atoms with E-state index in [1.165, 1.54) is 39.4 Å². The lowest BCUT2D eigenvalue weighted by Gasteiger charge is -2.21. The lowest BCUT2D eigenvalue weighted by Crippen LogP contribution is -2.30. The van der Waals surface area contributed by atoms with Gasteiger partial charge in [-0.05, 0) is 47.7 Å². The van der Waals surface area contributed by atoms with E-state index < -0.39 is 23.5 Å². The van der Waals surface area contributed by atoms with Crippen LogP contribution in [0, 0.1) is 0 Å². The molecule has 0 aliphatic carbocycles. The average Bonchev–Trinajstić information content (AvgIpc) is 3.54. The van der Waals surface area contributed by atoms with Crippen LogP contribution in [0.3, 0.4) is 0 Å². The summed E-state index contributed by atoms with van der Waals surface area (Å²) in [4.78, 5) is 32.7. The number of hydrogen-bond donors (Lipinski definition) is 1. The van der Waals surface area contributed by atoms with Gasteiger partial charge in [0, 0.05) is 0 Å². The molecule has 0 unspecified atom stereocenters. The molecule has 4 heterocycles. The topological polar surface area (TPSA) is 83.6 Å². The van der Waals surface area contributed by atoms with Gasteiger partial charge in [-0.3, -0.25) is 14.5 Å². The smallest absolute Gasteiger partial charge is 0.296 e. The van der Waals surface area contributed by atoms with Crippen LogP contribution in [-0.2, 0) is 11.2 Å². The molecule has 1 aliphatic heterocycles. The maximum absolute atomic E-state index is 13.2. The van der Waals surface area contributed by atoms with Gasteiger partial charge in [0.1, 0.15) is 11.8 Å². The van der Waals surface area contributed by atoms with E-state index in [9.17, 15) is 14.7 Å². The van der Waals surface area contributed by atoms with E-state index in [0.29, 0.717) is 15.8 Å². The van der Waals surface area contributed by atoms with Crippen molar-refractivity contribution in [3.63, 3.8) is 0 Å². The first kappa shape index (κ1) is 18.8. The van der Waals surface area contributed by atoms with Crippen molar-refractivity contribution in [3.05, 3.63) is 81.6 Å². The van der Waals surface area contributed by atoms with Gasteiger partial charge >= 0.3 is 0 Å². The van der Waals surface area contributed by atoms with E-state index in [0.717, 1.165) is 16.6 Å². The summed E-state index contributed by atoms with van der Waals surface area (Å²) in [6.07, 6.45) is 2.37. The fourth-order valence-electron chi connectivity index (χ4n) is 3.57. The molecule has 0 saturated carbocycles. The number of aromatic nitrogens is 1. The minimum Gasteiger partial charge on any atom is -0.503 e. The average molecular weight is 437 g/mol. The molecule has 30 heavy (non-hydrogen) atoms. The van der Waals surface area contributed by atoms with Crippen LogP contribution in [-0.4, -0.2) is 21.8 Å². The zero-order chi connectivity index (χ0) is 20.8. The predicted octanol–water partition coefficient (Wildman–Crippen LogP) is 5.30. The molecule has 0 spiro atoms. The lowest BCUT2D eigenvalue weighted by molar-refractivity contribution is -0.117. The van der Waals surface area contributed by atoms with Gasteiger partial charge < -0.3 is 9.52 Å². The van der Waals surface area contributed by atoms with Gasteiger partial charge in [0.15, 0.2) is 10.9 Å². The standard InChI is InChI=1S/C22H16N2O4S2/c1-2-12-7-8-13-16(11-12)30-22(23-13)24-18(14-5-3-9-28-14)17(20(26)21(24)27)19(25)15-6-4-10-29-15/h3-11,18,26H,2H2,1H3/t18-/m1/s1. The van der Waals surface area contributed by atoms with Crippen molar-refractivity contribution in [3.8, 4) is 0 Å². The summed E-state index contributed by atoms with van der Waals surface area (Å²) in [5, 5.41) is 12.9. The van der Waals surface area contributed by atoms with Gasteiger partial charge in [-0.2, -0.15) is 0 Å². The SMILES string of the molecule is CCc1ccc2nc(N3C(=O)C(O)=C(C(=O)c4cccs4)[C@H]3c3ccco3)sc2c1. The molecule has 1 aromatic carbocycles. The van der Waals surface area contributed by atoms with Crippen LogP contribution in [0.15, 0.2) is 69.9 Å². The number of carbonyl (C=O) groups excluding carboxylic acids is 2. The number of anilines is 1. The summed E-state index contributed by atoms with van der Waals surface area (Å²) >= 11 is 2.61. The minimum atomic E-state index is -0.881. The number of thiophene rings is 1. The molecular formula is C22H16N2O4S2. The van der Waals surface area contributed by atoms with Crippen LogP contribution in [0.4, 0.5) is 5.13 Å². The molecule has 150 valence electrons. The molecule has 1 amide bonds. The third-order valence-electron chi connectivity index (χ3n) is 5.07. The number of aliphatic hydroxyl groups excluding tert-OH is 1. The number of thiazole rings is 1. The molecule has 0 fully saturated rings. The quantitative estimate of drug-likeness (QED) is 0.430. The summed E-state index contributed by atoms with van der Waals surface area (Å²) < 4.78 is 6.50. The molecule has 1 atom stereocenters. The van der Waals surface area contributed by atoms with Crippen LogP contribution in [0.25, 0.3) is 10.2 Å².